The normalized spacial score (nSPS) is 14.4. The minimum absolute atomic E-state index is 0.429. The summed E-state index contributed by atoms with van der Waals surface area (Å²) in [6.07, 6.45) is 3.05. The lowest BCUT2D eigenvalue weighted by Crippen LogP contribution is -2.26. The summed E-state index contributed by atoms with van der Waals surface area (Å²) in [5, 5.41) is 6.99. The van der Waals surface area contributed by atoms with E-state index >= 15 is 0 Å². The Labute approximate surface area is 126 Å². The van der Waals surface area contributed by atoms with Gasteiger partial charge in [-0.05, 0) is 17.9 Å². The van der Waals surface area contributed by atoms with Gasteiger partial charge in [-0.25, -0.2) is 4.98 Å². The van der Waals surface area contributed by atoms with Gasteiger partial charge in [-0.1, -0.05) is 51.1 Å². The lowest BCUT2D eigenvalue weighted by Gasteiger charge is -2.23. The highest BCUT2D eigenvalue weighted by atomic mass is 32.1. The summed E-state index contributed by atoms with van der Waals surface area (Å²) in [5.41, 5.74) is 1.38. The van der Waals surface area contributed by atoms with Crippen LogP contribution in [0.4, 0.5) is 0 Å². The first-order valence-corrected chi connectivity index (χ1v) is 8.22. The number of aromatic nitrogens is 1. The minimum atomic E-state index is 0.429. The maximum absolute atomic E-state index is 4.41. The standard InChI is InChI=1S/C17H24N2S/c1-13(2)11-16(15-7-5-4-6-8-15)19-12-14(3)17-18-9-10-20-17/h4-10,13-14,16,19H,11-12H2,1-3H3. The van der Waals surface area contributed by atoms with Crippen molar-refractivity contribution in [2.45, 2.75) is 39.2 Å². The first-order valence-electron chi connectivity index (χ1n) is 7.34. The van der Waals surface area contributed by atoms with Crippen molar-refractivity contribution in [3.63, 3.8) is 0 Å². The van der Waals surface area contributed by atoms with E-state index in [1.165, 1.54) is 10.6 Å². The maximum Gasteiger partial charge on any atom is 0.0965 e. The molecular weight excluding hydrogens is 264 g/mol. The van der Waals surface area contributed by atoms with Crippen molar-refractivity contribution in [1.29, 1.82) is 0 Å². The predicted molar refractivity (Wildman–Crippen MR) is 87.2 cm³/mol. The zero-order valence-corrected chi connectivity index (χ0v) is 13.4. The molecule has 2 nitrogen and oxygen atoms in total. The van der Waals surface area contributed by atoms with E-state index in [9.17, 15) is 0 Å². The number of hydrogen-bond acceptors (Lipinski definition) is 3. The molecule has 1 N–H and O–H groups in total. The van der Waals surface area contributed by atoms with Crippen molar-refractivity contribution >= 4 is 11.3 Å². The molecule has 0 aliphatic rings. The molecule has 1 heterocycles. The fraction of sp³-hybridized carbons (Fsp3) is 0.471. The average Bonchev–Trinajstić information content (AvgIpc) is 2.98. The monoisotopic (exact) mass is 288 g/mol. The molecule has 0 amide bonds. The Kier molecular flexibility index (Phi) is 5.74. The Hall–Kier alpha value is -1.19. The summed E-state index contributed by atoms with van der Waals surface area (Å²) in [4.78, 5) is 4.41. The van der Waals surface area contributed by atoms with Crippen molar-refractivity contribution in [1.82, 2.24) is 10.3 Å². The third-order valence-corrected chi connectivity index (χ3v) is 4.46. The van der Waals surface area contributed by atoms with Gasteiger partial charge < -0.3 is 5.32 Å². The zero-order chi connectivity index (χ0) is 14.4. The van der Waals surface area contributed by atoms with Gasteiger partial charge in [0.1, 0.15) is 0 Å². The highest BCUT2D eigenvalue weighted by Crippen LogP contribution is 2.23. The van der Waals surface area contributed by atoms with Crippen molar-refractivity contribution in [3.8, 4) is 0 Å². The van der Waals surface area contributed by atoms with E-state index in [0.717, 1.165) is 13.0 Å². The van der Waals surface area contributed by atoms with Crippen LogP contribution >= 0.6 is 11.3 Å². The molecule has 1 aromatic heterocycles. The van der Waals surface area contributed by atoms with Gasteiger partial charge in [-0.3, -0.25) is 0 Å². The first-order chi connectivity index (χ1) is 9.66. The van der Waals surface area contributed by atoms with Gasteiger partial charge >= 0.3 is 0 Å². The summed E-state index contributed by atoms with van der Waals surface area (Å²) >= 11 is 1.74. The Morgan fingerprint density at radius 1 is 1.15 bits per heavy atom. The second kappa shape index (κ2) is 7.55. The molecule has 0 saturated heterocycles. The van der Waals surface area contributed by atoms with Gasteiger partial charge in [0, 0.05) is 30.1 Å². The van der Waals surface area contributed by atoms with Gasteiger partial charge in [-0.15, -0.1) is 11.3 Å². The number of nitrogens with zero attached hydrogens (tertiary/aromatic N) is 1. The van der Waals surface area contributed by atoms with Gasteiger partial charge in [0.2, 0.25) is 0 Å². The van der Waals surface area contributed by atoms with E-state index in [1.54, 1.807) is 11.3 Å². The third-order valence-electron chi connectivity index (χ3n) is 3.45. The van der Waals surface area contributed by atoms with Crippen molar-refractivity contribution in [2.75, 3.05) is 6.54 Å². The highest BCUT2D eigenvalue weighted by molar-refractivity contribution is 7.09. The lowest BCUT2D eigenvalue weighted by atomic mass is 9.96. The summed E-state index contributed by atoms with van der Waals surface area (Å²) in [6, 6.07) is 11.2. The SMILES string of the molecule is CC(C)CC(NCC(C)c1nccs1)c1ccccc1. The fourth-order valence-electron chi connectivity index (χ4n) is 2.38. The third kappa shape index (κ3) is 4.43. The predicted octanol–water partition coefficient (Wildman–Crippen LogP) is 4.62. The molecule has 0 aliphatic carbocycles. The topological polar surface area (TPSA) is 24.9 Å². The molecule has 20 heavy (non-hydrogen) atoms. The molecule has 2 rings (SSSR count). The van der Waals surface area contributed by atoms with Crippen molar-refractivity contribution < 1.29 is 0 Å². The Balaban J connectivity index is 1.98. The second-order valence-corrected chi connectivity index (χ2v) is 6.70. The lowest BCUT2D eigenvalue weighted by molar-refractivity contribution is 0.420. The zero-order valence-electron chi connectivity index (χ0n) is 12.5. The van der Waals surface area contributed by atoms with Crippen LogP contribution in [0.2, 0.25) is 0 Å². The molecule has 1 aromatic carbocycles. The largest absolute Gasteiger partial charge is 0.309 e. The fourth-order valence-corrected chi connectivity index (χ4v) is 3.08. The maximum atomic E-state index is 4.41. The van der Waals surface area contributed by atoms with Gasteiger partial charge in [0.05, 0.1) is 5.01 Å². The molecule has 2 atom stereocenters. The molecule has 108 valence electrons. The molecule has 0 spiro atoms. The highest BCUT2D eigenvalue weighted by Gasteiger charge is 2.15. The molecule has 0 radical (unpaired) electrons. The van der Waals surface area contributed by atoms with E-state index < -0.39 is 0 Å². The van der Waals surface area contributed by atoms with E-state index in [2.05, 4.69) is 66.8 Å². The summed E-state index contributed by atoms with van der Waals surface area (Å²) < 4.78 is 0. The number of hydrogen-bond donors (Lipinski definition) is 1. The van der Waals surface area contributed by atoms with E-state index in [1.807, 2.05) is 6.20 Å². The van der Waals surface area contributed by atoms with Crippen LogP contribution in [0.15, 0.2) is 41.9 Å². The molecule has 3 heteroatoms. The van der Waals surface area contributed by atoms with Gasteiger partial charge in [-0.2, -0.15) is 0 Å². The van der Waals surface area contributed by atoms with Gasteiger partial charge in [0.15, 0.2) is 0 Å². The van der Waals surface area contributed by atoms with Crippen LogP contribution in [-0.4, -0.2) is 11.5 Å². The van der Waals surface area contributed by atoms with Crippen LogP contribution in [0.5, 0.6) is 0 Å². The first kappa shape index (κ1) is 15.2. The molecule has 2 unspecified atom stereocenters. The van der Waals surface area contributed by atoms with E-state index in [0.29, 0.717) is 17.9 Å². The van der Waals surface area contributed by atoms with Crippen LogP contribution < -0.4 is 5.32 Å². The van der Waals surface area contributed by atoms with Gasteiger partial charge in [0.25, 0.3) is 0 Å². The minimum Gasteiger partial charge on any atom is -0.309 e. The summed E-state index contributed by atoms with van der Waals surface area (Å²) in [6.45, 7) is 7.77. The smallest absolute Gasteiger partial charge is 0.0965 e. The second-order valence-electron chi connectivity index (χ2n) is 5.77. The molecule has 0 bridgehead atoms. The number of rotatable bonds is 7. The summed E-state index contributed by atoms with van der Waals surface area (Å²) in [5.74, 6) is 1.15. The van der Waals surface area contributed by atoms with E-state index in [4.69, 9.17) is 0 Å². The number of benzene rings is 1. The quantitative estimate of drug-likeness (QED) is 0.804. The molecular formula is C17H24N2S. The Morgan fingerprint density at radius 3 is 2.50 bits per heavy atom. The average molecular weight is 288 g/mol. The van der Waals surface area contributed by atoms with E-state index in [-0.39, 0.29) is 0 Å². The number of nitrogens with one attached hydrogen (secondary N) is 1. The molecule has 0 fully saturated rings. The summed E-state index contributed by atoms with van der Waals surface area (Å²) in [7, 11) is 0. The van der Waals surface area contributed by atoms with Crippen LogP contribution in [0.3, 0.4) is 0 Å². The van der Waals surface area contributed by atoms with Crippen molar-refractivity contribution in [3.05, 3.63) is 52.5 Å². The number of thiazole rings is 1. The molecule has 0 aliphatic heterocycles. The molecule has 2 aromatic rings. The Morgan fingerprint density at radius 2 is 1.90 bits per heavy atom. The van der Waals surface area contributed by atoms with Crippen LogP contribution in [-0.2, 0) is 0 Å². The molecule has 0 saturated carbocycles. The van der Waals surface area contributed by atoms with Crippen LogP contribution in [0.1, 0.15) is 49.7 Å². The van der Waals surface area contributed by atoms with Crippen LogP contribution in [0.25, 0.3) is 0 Å². The Bertz CT molecular complexity index is 479. The van der Waals surface area contributed by atoms with Crippen LogP contribution in [0, 0.1) is 5.92 Å². The van der Waals surface area contributed by atoms with Crippen molar-refractivity contribution in [2.24, 2.45) is 5.92 Å².